The summed E-state index contributed by atoms with van der Waals surface area (Å²) in [6.07, 6.45) is 0.239. The number of benzene rings is 2. The summed E-state index contributed by atoms with van der Waals surface area (Å²) < 4.78 is 5.15. The topological polar surface area (TPSA) is 58.6 Å². The Bertz CT molecular complexity index is 711. The number of carbonyl (C=O) groups is 2. The van der Waals surface area contributed by atoms with E-state index in [1.807, 2.05) is 24.3 Å². The van der Waals surface area contributed by atoms with Crippen molar-refractivity contribution in [1.29, 1.82) is 0 Å². The Morgan fingerprint density at radius 2 is 1.83 bits per heavy atom. The third-order valence-electron chi connectivity index (χ3n) is 3.30. The van der Waals surface area contributed by atoms with E-state index >= 15 is 0 Å². The molecule has 0 unspecified atom stereocenters. The molecule has 0 saturated carbocycles. The van der Waals surface area contributed by atoms with Crippen molar-refractivity contribution in [2.45, 2.75) is 6.42 Å². The summed E-state index contributed by atoms with van der Waals surface area (Å²) in [5, 5.41) is 2.81. The predicted octanol–water partition coefficient (Wildman–Crippen LogP) is 2.58. The van der Waals surface area contributed by atoms with Gasteiger partial charge in [0.05, 0.1) is 13.5 Å². The Kier molecular flexibility index (Phi) is 5.36. The number of carbonyl (C=O) groups excluding carboxylic acids is 2. The molecule has 2 aromatic rings. The number of amides is 2. The lowest BCUT2D eigenvalue weighted by atomic mass is 10.1. The van der Waals surface area contributed by atoms with Crippen LogP contribution < -0.4 is 10.1 Å². The highest BCUT2D eigenvalue weighted by atomic mass is 16.5. The smallest absolute Gasteiger partial charge is 0.253 e. The number of methoxy groups -OCH3 is 1. The van der Waals surface area contributed by atoms with Gasteiger partial charge in [-0.15, -0.1) is 0 Å². The Morgan fingerprint density at radius 1 is 1.09 bits per heavy atom. The van der Waals surface area contributed by atoms with E-state index < -0.39 is 0 Å². The van der Waals surface area contributed by atoms with Crippen LogP contribution in [0.4, 0.5) is 5.69 Å². The summed E-state index contributed by atoms with van der Waals surface area (Å²) in [4.78, 5) is 25.6. The number of nitrogens with one attached hydrogen (secondary N) is 1. The van der Waals surface area contributed by atoms with E-state index in [4.69, 9.17) is 4.74 Å². The predicted molar refractivity (Wildman–Crippen MR) is 89.8 cm³/mol. The van der Waals surface area contributed by atoms with Crippen LogP contribution in [0.5, 0.6) is 5.75 Å². The molecule has 2 rings (SSSR count). The van der Waals surface area contributed by atoms with Gasteiger partial charge in [-0.05, 0) is 35.9 Å². The fourth-order valence-electron chi connectivity index (χ4n) is 2.16. The van der Waals surface area contributed by atoms with Crippen molar-refractivity contribution >= 4 is 17.5 Å². The first-order valence-electron chi connectivity index (χ1n) is 7.24. The van der Waals surface area contributed by atoms with Crippen LogP contribution in [0.2, 0.25) is 0 Å². The van der Waals surface area contributed by atoms with Crippen LogP contribution in [-0.4, -0.2) is 37.9 Å². The second-order valence-electron chi connectivity index (χ2n) is 5.36. The minimum Gasteiger partial charge on any atom is -0.497 e. The van der Waals surface area contributed by atoms with Gasteiger partial charge in [-0.3, -0.25) is 9.59 Å². The standard InChI is InChI=1S/C18H20N2O3/c1-20(2)18(22)14-7-5-8-15(12-14)19-17(21)11-13-6-4-9-16(10-13)23-3/h4-10,12H,11H2,1-3H3,(H,19,21). The van der Waals surface area contributed by atoms with Crippen molar-refractivity contribution in [1.82, 2.24) is 4.90 Å². The van der Waals surface area contributed by atoms with Crippen LogP contribution in [0, 0.1) is 0 Å². The number of hydrogen-bond donors (Lipinski definition) is 1. The lowest BCUT2D eigenvalue weighted by molar-refractivity contribution is -0.115. The van der Waals surface area contributed by atoms with Crippen molar-refractivity contribution in [2.24, 2.45) is 0 Å². The molecular weight excluding hydrogens is 292 g/mol. The van der Waals surface area contributed by atoms with E-state index in [2.05, 4.69) is 5.32 Å². The summed E-state index contributed by atoms with van der Waals surface area (Å²) >= 11 is 0. The zero-order valence-electron chi connectivity index (χ0n) is 13.5. The Morgan fingerprint density at radius 3 is 2.52 bits per heavy atom. The fraction of sp³-hybridized carbons (Fsp3) is 0.222. The SMILES string of the molecule is COc1cccc(CC(=O)Nc2cccc(C(=O)N(C)C)c2)c1. The van der Waals surface area contributed by atoms with E-state index in [9.17, 15) is 9.59 Å². The van der Waals surface area contributed by atoms with Gasteiger partial charge in [0, 0.05) is 25.3 Å². The van der Waals surface area contributed by atoms with Gasteiger partial charge in [-0.2, -0.15) is 0 Å². The second-order valence-corrected chi connectivity index (χ2v) is 5.36. The molecule has 0 aliphatic heterocycles. The van der Waals surface area contributed by atoms with Gasteiger partial charge in [0.2, 0.25) is 5.91 Å². The summed E-state index contributed by atoms with van der Waals surface area (Å²) in [5.74, 6) is 0.468. The second kappa shape index (κ2) is 7.45. The molecule has 0 aromatic heterocycles. The van der Waals surface area contributed by atoms with E-state index in [0.717, 1.165) is 5.56 Å². The van der Waals surface area contributed by atoms with Crippen LogP contribution >= 0.6 is 0 Å². The van der Waals surface area contributed by atoms with E-state index in [0.29, 0.717) is 17.0 Å². The summed E-state index contributed by atoms with van der Waals surface area (Å²) in [5.41, 5.74) is 2.00. The molecule has 0 aliphatic rings. The van der Waals surface area contributed by atoms with Crippen LogP contribution in [0.1, 0.15) is 15.9 Å². The largest absolute Gasteiger partial charge is 0.497 e. The van der Waals surface area contributed by atoms with Gasteiger partial charge < -0.3 is 15.0 Å². The Hall–Kier alpha value is -2.82. The highest BCUT2D eigenvalue weighted by molar-refractivity contribution is 5.97. The zero-order chi connectivity index (χ0) is 16.8. The molecule has 5 nitrogen and oxygen atoms in total. The molecule has 0 aliphatic carbocycles. The molecule has 0 radical (unpaired) electrons. The van der Waals surface area contributed by atoms with Gasteiger partial charge in [-0.1, -0.05) is 18.2 Å². The Labute approximate surface area is 135 Å². The fourth-order valence-corrected chi connectivity index (χ4v) is 2.16. The minimum absolute atomic E-state index is 0.103. The molecule has 5 heteroatoms. The van der Waals surface area contributed by atoms with Crippen LogP contribution in [-0.2, 0) is 11.2 Å². The first-order valence-corrected chi connectivity index (χ1v) is 7.24. The lowest BCUT2D eigenvalue weighted by Crippen LogP contribution is -2.22. The maximum Gasteiger partial charge on any atom is 0.253 e. The first kappa shape index (κ1) is 16.5. The number of ether oxygens (including phenoxy) is 1. The molecule has 0 bridgehead atoms. The molecule has 23 heavy (non-hydrogen) atoms. The minimum atomic E-state index is -0.146. The number of hydrogen-bond acceptors (Lipinski definition) is 3. The van der Waals surface area contributed by atoms with E-state index in [1.165, 1.54) is 4.90 Å². The van der Waals surface area contributed by atoms with E-state index in [1.54, 1.807) is 45.5 Å². The van der Waals surface area contributed by atoms with Crippen molar-refractivity contribution < 1.29 is 14.3 Å². The molecule has 1 N–H and O–H groups in total. The van der Waals surface area contributed by atoms with Crippen molar-refractivity contribution in [2.75, 3.05) is 26.5 Å². The third-order valence-corrected chi connectivity index (χ3v) is 3.30. The molecule has 0 saturated heterocycles. The monoisotopic (exact) mass is 312 g/mol. The normalized spacial score (nSPS) is 10.0. The Balaban J connectivity index is 2.05. The molecule has 120 valence electrons. The maximum absolute atomic E-state index is 12.1. The highest BCUT2D eigenvalue weighted by Gasteiger charge is 2.10. The van der Waals surface area contributed by atoms with Gasteiger partial charge in [0.1, 0.15) is 5.75 Å². The molecule has 2 amide bonds. The molecule has 2 aromatic carbocycles. The van der Waals surface area contributed by atoms with Gasteiger partial charge in [0.25, 0.3) is 5.91 Å². The van der Waals surface area contributed by atoms with Crippen molar-refractivity contribution in [3.05, 3.63) is 59.7 Å². The van der Waals surface area contributed by atoms with Crippen molar-refractivity contribution in [3.63, 3.8) is 0 Å². The quantitative estimate of drug-likeness (QED) is 0.923. The molecule has 0 heterocycles. The highest BCUT2D eigenvalue weighted by Crippen LogP contribution is 2.15. The maximum atomic E-state index is 12.1. The average molecular weight is 312 g/mol. The summed E-state index contributed by atoms with van der Waals surface area (Å²) in [7, 11) is 4.97. The average Bonchev–Trinajstić information content (AvgIpc) is 2.54. The van der Waals surface area contributed by atoms with E-state index in [-0.39, 0.29) is 18.2 Å². The van der Waals surface area contributed by atoms with Crippen LogP contribution in [0.3, 0.4) is 0 Å². The lowest BCUT2D eigenvalue weighted by Gasteiger charge is -2.12. The van der Waals surface area contributed by atoms with Crippen molar-refractivity contribution in [3.8, 4) is 5.75 Å². The third kappa shape index (κ3) is 4.57. The summed E-state index contributed by atoms with van der Waals surface area (Å²) in [6.45, 7) is 0. The molecule has 0 atom stereocenters. The summed E-state index contributed by atoms with van der Waals surface area (Å²) in [6, 6.07) is 14.3. The van der Waals surface area contributed by atoms with Gasteiger partial charge in [0.15, 0.2) is 0 Å². The molecule has 0 spiro atoms. The first-order chi connectivity index (χ1) is 11.0. The number of rotatable bonds is 5. The molecular formula is C18H20N2O3. The number of nitrogens with zero attached hydrogens (tertiary/aromatic N) is 1. The van der Waals surface area contributed by atoms with Gasteiger partial charge in [-0.25, -0.2) is 0 Å². The molecule has 0 fully saturated rings. The van der Waals surface area contributed by atoms with Crippen LogP contribution in [0.15, 0.2) is 48.5 Å². The van der Waals surface area contributed by atoms with Crippen LogP contribution in [0.25, 0.3) is 0 Å². The zero-order valence-corrected chi connectivity index (χ0v) is 13.5. The van der Waals surface area contributed by atoms with Gasteiger partial charge >= 0.3 is 0 Å². The number of anilines is 1.